The van der Waals surface area contributed by atoms with Gasteiger partial charge in [-0.2, -0.15) is 0 Å². The lowest BCUT2D eigenvalue weighted by Crippen LogP contribution is -2.35. The number of carbonyl (C=O) groups is 2. The highest BCUT2D eigenvalue weighted by Gasteiger charge is 2.19. The third kappa shape index (κ3) is 4.62. The van der Waals surface area contributed by atoms with Gasteiger partial charge in [-0.15, -0.1) is 0 Å². The number of amides is 1. The fourth-order valence-electron chi connectivity index (χ4n) is 3.12. The Morgan fingerprint density at radius 2 is 1.79 bits per heavy atom. The Balaban J connectivity index is 1.94. The minimum absolute atomic E-state index is 0.120. The van der Waals surface area contributed by atoms with E-state index in [9.17, 15) is 9.59 Å². The summed E-state index contributed by atoms with van der Waals surface area (Å²) >= 11 is 2.17. The first-order valence-corrected chi connectivity index (χ1v) is 9.98. The van der Waals surface area contributed by atoms with E-state index in [-0.39, 0.29) is 12.3 Å². The molecule has 0 aliphatic rings. The molecular weight excluding hydrogens is 467 g/mol. The minimum Gasteiger partial charge on any atom is -0.481 e. The van der Waals surface area contributed by atoms with Crippen molar-refractivity contribution in [3.63, 3.8) is 0 Å². The van der Waals surface area contributed by atoms with E-state index in [4.69, 9.17) is 5.11 Å². The fraction of sp³-hybridized carbons (Fsp3) is 0.182. The van der Waals surface area contributed by atoms with E-state index in [2.05, 4.69) is 52.2 Å². The van der Waals surface area contributed by atoms with Crippen molar-refractivity contribution < 1.29 is 14.7 Å². The topological polar surface area (TPSA) is 69.6 Å². The molecule has 1 unspecified atom stereocenters. The molecule has 0 spiro atoms. The summed E-state index contributed by atoms with van der Waals surface area (Å²) in [7, 11) is 1.92. The summed E-state index contributed by atoms with van der Waals surface area (Å²) in [5.74, 6) is -1.22. The van der Waals surface area contributed by atoms with Gasteiger partial charge in [0.25, 0.3) is 5.91 Å². The molecule has 0 bridgehead atoms. The number of nitrogens with one attached hydrogen (secondary N) is 1. The third-order valence-electron chi connectivity index (χ3n) is 4.54. The first kappa shape index (κ1) is 20.1. The van der Waals surface area contributed by atoms with E-state index in [1.165, 1.54) is 0 Å². The van der Waals surface area contributed by atoms with Gasteiger partial charge in [-0.05, 0) is 70.6 Å². The smallest absolute Gasteiger partial charge is 0.305 e. The van der Waals surface area contributed by atoms with E-state index in [0.29, 0.717) is 5.56 Å². The van der Waals surface area contributed by atoms with Crippen molar-refractivity contribution in [2.75, 3.05) is 11.9 Å². The standard InChI is InChI=1S/C22H21IN2O3/c1-14(11-21(26)27)24-22(28)19-13-17(23)8-10-20(19)25(2)18-9-7-15-5-3-4-6-16(15)12-18/h3-10,12-14H,11H2,1-2H3,(H,24,28)(H,26,27). The van der Waals surface area contributed by atoms with Crippen LogP contribution in [-0.4, -0.2) is 30.1 Å². The maximum Gasteiger partial charge on any atom is 0.305 e. The van der Waals surface area contributed by atoms with Crippen molar-refractivity contribution in [2.24, 2.45) is 0 Å². The number of carboxylic acid groups (broad SMARTS) is 1. The molecule has 0 aromatic heterocycles. The first-order valence-electron chi connectivity index (χ1n) is 8.90. The maximum absolute atomic E-state index is 12.8. The van der Waals surface area contributed by atoms with Crippen LogP contribution in [0.5, 0.6) is 0 Å². The molecule has 3 rings (SSSR count). The second-order valence-corrected chi connectivity index (χ2v) is 7.97. The Morgan fingerprint density at radius 1 is 1.07 bits per heavy atom. The van der Waals surface area contributed by atoms with E-state index in [1.807, 2.05) is 48.3 Å². The third-order valence-corrected chi connectivity index (χ3v) is 5.21. The van der Waals surface area contributed by atoms with Crippen molar-refractivity contribution in [1.82, 2.24) is 5.32 Å². The average molecular weight is 488 g/mol. The highest BCUT2D eigenvalue weighted by Crippen LogP contribution is 2.30. The van der Waals surface area contributed by atoms with E-state index < -0.39 is 12.0 Å². The lowest BCUT2D eigenvalue weighted by atomic mass is 10.1. The fourth-order valence-corrected chi connectivity index (χ4v) is 3.61. The van der Waals surface area contributed by atoms with Gasteiger partial charge in [0.2, 0.25) is 0 Å². The number of anilines is 2. The minimum atomic E-state index is -0.941. The van der Waals surface area contributed by atoms with Crippen LogP contribution in [0.25, 0.3) is 10.8 Å². The Bertz CT molecular complexity index is 1040. The normalized spacial score (nSPS) is 11.8. The molecule has 1 atom stereocenters. The number of rotatable bonds is 6. The lowest BCUT2D eigenvalue weighted by Gasteiger charge is -2.24. The molecule has 144 valence electrons. The second-order valence-electron chi connectivity index (χ2n) is 6.72. The molecule has 3 aromatic carbocycles. The monoisotopic (exact) mass is 488 g/mol. The van der Waals surface area contributed by atoms with Gasteiger partial charge < -0.3 is 15.3 Å². The Kier molecular flexibility index (Phi) is 6.18. The van der Waals surface area contributed by atoms with Gasteiger partial charge in [0.1, 0.15) is 0 Å². The zero-order valence-electron chi connectivity index (χ0n) is 15.6. The molecule has 5 nitrogen and oxygen atoms in total. The second kappa shape index (κ2) is 8.60. The molecule has 6 heteroatoms. The van der Waals surface area contributed by atoms with Crippen LogP contribution >= 0.6 is 22.6 Å². The van der Waals surface area contributed by atoms with Gasteiger partial charge in [-0.25, -0.2) is 0 Å². The number of fused-ring (bicyclic) bond motifs is 1. The zero-order chi connectivity index (χ0) is 20.3. The molecule has 0 aliphatic heterocycles. The van der Waals surface area contributed by atoms with Gasteiger partial charge in [-0.3, -0.25) is 9.59 Å². The number of benzene rings is 3. The summed E-state index contributed by atoms with van der Waals surface area (Å²) < 4.78 is 0.935. The Labute approximate surface area is 177 Å². The van der Waals surface area contributed by atoms with E-state index >= 15 is 0 Å². The first-order chi connectivity index (χ1) is 13.3. The van der Waals surface area contributed by atoms with Gasteiger partial charge in [-0.1, -0.05) is 30.3 Å². The van der Waals surface area contributed by atoms with Crippen LogP contribution in [0.15, 0.2) is 60.7 Å². The SMILES string of the molecule is CC(CC(=O)O)NC(=O)c1cc(I)ccc1N(C)c1ccc2ccccc2c1. The summed E-state index contributed by atoms with van der Waals surface area (Å²) in [6, 6.07) is 19.5. The predicted molar refractivity (Wildman–Crippen MR) is 120 cm³/mol. The molecule has 1 amide bonds. The van der Waals surface area contributed by atoms with E-state index in [1.54, 1.807) is 6.92 Å². The van der Waals surface area contributed by atoms with Gasteiger partial charge >= 0.3 is 5.97 Å². The molecule has 28 heavy (non-hydrogen) atoms. The summed E-state index contributed by atoms with van der Waals surface area (Å²) in [5, 5.41) is 14.0. The number of hydrogen-bond acceptors (Lipinski definition) is 3. The number of carbonyl (C=O) groups excluding carboxylic acids is 1. The molecule has 0 saturated carbocycles. The Morgan fingerprint density at radius 3 is 2.50 bits per heavy atom. The molecule has 0 fully saturated rings. The summed E-state index contributed by atoms with van der Waals surface area (Å²) in [6.07, 6.45) is -0.120. The van der Waals surface area contributed by atoms with Crippen LogP contribution in [-0.2, 0) is 4.79 Å². The van der Waals surface area contributed by atoms with Crippen LogP contribution in [0.4, 0.5) is 11.4 Å². The van der Waals surface area contributed by atoms with Gasteiger partial charge in [0, 0.05) is 22.3 Å². The number of halogens is 1. The van der Waals surface area contributed by atoms with E-state index in [0.717, 1.165) is 25.7 Å². The maximum atomic E-state index is 12.8. The highest BCUT2D eigenvalue weighted by atomic mass is 127. The molecule has 0 radical (unpaired) electrons. The van der Waals surface area contributed by atoms with Crippen molar-refractivity contribution in [1.29, 1.82) is 0 Å². The van der Waals surface area contributed by atoms with Crippen molar-refractivity contribution in [3.05, 3.63) is 69.8 Å². The van der Waals surface area contributed by atoms with Crippen LogP contribution in [0, 0.1) is 3.57 Å². The molecule has 3 aromatic rings. The molecule has 0 heterocycles. The Hall–Kier alpha value is -2.61. The predicted octanol–water partition coefficient (Wildman–Crippen LogP) is 4.81. The molecule has 2 N–H and O–H groups in total. The molecule has 0 aliphatic carbocycles. The lowest BCUT2D eigenvalue weighted by molar-refractivity contribution is -0.137. The number of aliphatic carboxylic acids is 1. The van der Waals surface area contributed by atoms with Crippen LogP contribution in [0.2, 0.25) is 0 Å². The quantitative estimate of drug-likeness (QED) is 0.489. The van der Waals surface area contributed by atoms with Crippen molar-refractivity contribution in [2.45, 2.75) is 19.4 Å². The van der Waals surface area contributed by atoms with Gasteiger partial charge in [0.05, 0.1) is 17.7 Å². The van der Waals surface area contributed by atoms with Crippen LogP contribution in [0.1, 0.15) is 23.7 Å². The largest absolute Gasteiger partial charge is 0.481 e. The van der Waals surface area contributed by atoms with Crippen molar-refractivity contribution in [3.8, 4) is 0 Å². The summed E-state index contributed by atoms with van der Waals surface area (Å²) in [5.41, 5.74) is 2.24. The number of hydrogen-bond donors (Lipinski definition) is 2. The number of nitrogens with zero attached hydrogens (tertiary/aromatic N) is 1. The summed E-state index contributed by atoms with van der Waals surface area (Å²) in [4.78, 5) is 25.7. The van der Waals surface area contributed by atoms with Crippen LogP contribution in [0.3, 0.4) is 0 Å². The van der Waals surface area contributed by atoms with Gasteiger partial charge in [0.15, 0.2) is 0 Å². The van der Waals surface area contributed by atoms with Crippen molar-refractivity contribution >= 4 is 56.6 Å². The number of carboxylic acids is 1. The zero-order valence-corrected chi connectivity index (χ0v) is 17.8. The summed E-state index contributed by atoms with van der Waals surface area (Å²) in [6.45, 7) is 1.69. The van der Waals surface area contributed by atoms with Crippen LogP contribution < -0.4 is 10.2 Å². The molecular formula is C22H21IN2O3. The molecule has 0 saturated heterocycles. The highest BCUT2D eigenvalue weighted by molar-refractivity contribution is 14.1. The average Bonchev–Trinajstić information content (AvgIpc) is 2.66.